The lowest BCUT2D eigenvalue weighted by atomic mass is 9.63. The predicted octanol–water partition coefficient (Wildman–Crippen LogP) is 3.83. The van der Waals surface area contributed by atoms with Gasteiger partial charge in [-0.05, 0) is 46.9 Å². The van der Waals surface area contributed by atoms with Gasteiger partial charge in [-0.15, -0.1) is 0 Å². The van der Waals surface area contributed by atoms with Gasteiger partial charge in [0.05, 0.1) is 5.56 Å². The first kappa shape index (κ1) is 15.0. The summed E-state index contributed by atoms with van der Waals surface area (Å²) in [5, 5.41) is 0. The average Bonchev–Trinajstić information content (AvgIpc) is 2.41. The highest BCUT2D eigenvalue weighted by Gasteiger charge is 2.37. The van der Waals surface area contributed by atoms with Gasteiger partial charge in [0.1, 0.15) is 5.75 Å². The summed E-state index contributed by atoms with van der Waals surface area (Å²) in [5.74, 6) is 0.617. The molecule has 0 unspecified atom stereocenters. The highest BCUT2D eigenvalue weighted by molar-refractivity contribution is 5.80. The summed E-state index contributed by atoms with van der Waals surface area (Å²) in [6, 6.07) is 4.02. The van der Waals surface area contributed by atoms with Gasteiger partial charge in [-0.25, -0.2) is 0 Å². The van der Waals surface area contributed by atoms with Gasteiger partial charge in [-0.3, -0.25) is 4.79 Å². The van der Waals surface area contributed by atoms with Crippen LogP contribution >= 0.6 is 0 Å². The molecule has 0 atom stereocenters. The third kappa shape index (κ3) is 2.59. The topological polar surface area (TPSA) is 35.5 Å². The lowest BCUT2D eigenvalue weighted by Gasteiger charge is -2.42. The minimum absolute atomic E-state index is 0.0996. The number of fused-ring (bicyclic) bond motifs is 1. The van der Waals surface area contributed by atoms with Crippen molar-refractivity contribution in [2.24, 2.45) is 0 Å². The van der Waals surface area contributed by atoms with Crippen molar-refractivity contribution >= 4 is 6.29 Å². The average molecular weight is 276 g/mol. The number of aldehydes is 1. The molecule has 0 N–H and O–H groups in total. The molecular weight excluding hydrogens is 252 g/mol. The Morgan fingerprint density at radius 2 is 1.65 bits per heavy atom. The lowest BCUT2D eigenvalue weighted by Crippen LogP contribution is -2.34. The Bertz CT molecular complexity index is 515. The van der Waals surface area contributed by atoms with E-state index < -0.39 is 0 Å². The number of carbonyl (C=O) groups excluding carboxylic acids is 1. The number of rotatable bonds is 4. The summed E-state index contributed by atoms with van der Waals surface area (Å²) in [7, 11) is 1.58. The first-order valence-corrected chi connectivity index (χ1v) is 7.08. The largest absolute Gasteiger partial charge is 0.467 e. The predicted molar refractivity (Wildman–Crippen MR) is 79.6 cm³/mol. The summed E-state index contributed by atoms with van der Waals surface area (Å²) in [5.41, 5.74) is 3.36. The van der Waals surface area contributed by atoms with E-state index in [0.717, 1.165) is 19.1 Å². The summed E-state index contributed by atoms with van der Waals surface area (Å²) >= 11 is 0. The molecule has 0 heterocycles. The van der Waals surface area contributed by atoms with Crippen molar-refractivity contribution < 1.29 is 14.3 Å². The van der Waals surface area contributed by atoms with Gasteiger partial charge in [0.15, 0.2) is 13.1 Å². The molecule has 1 aromatic rings. The zero-order valence-electron chi connectivity index (χ0n) is 13.1. The number of carbonyl (C=O) groups is 1. The Morgan fingerprint density at radius 3 is 2.15 bits per heavy atom. The molecule has 3 nitrogen and oxygen atoms in total. The Kier molecular flexibility index (Phi) is 3.92. The Morgan fingerprint density at radius 1 is 1.10 bits per heavy atom. The maximum atomic E-state index is 11.3. The summed E-state index contributed by atoms with van der Waals surface area (Å²) in [6.07, 6.45) is 3.13. The fraction of sp³-hybridized carbons (Fsp3) is 0.588. The van der Waals surface area contributed by atoms with Crippen LogP contribution in [0.3, 0.4) is 0 Å². The maximum absolute atomic E-state index is 11.3. The molecule has 0 fully saturated rings. The van der Waals surface area contributed by atoms with Gasteiger partial charge < -0.3 is 9.47 Å². The molecular formula is C17H24O3. The first-order valence-electron chi connectivity index (χ1n) is 7.08. The van der Waals surface area contributed by atoms with Crippen molar-refractivity contribution in [1.29, 1.82) is 0 Å². The summed E-state index contributed by atoms with van der Waals surface area (Å²) < 4.78 is 10.5. The lowest BCUT2D eigenvalue weighted by molar-refractivity contribution is 0.0503. The highest BCUT2D eigenvalue weighted by atomic mass is 16.7. The van der Waals surface area contributed by atoms with Crippen molar-refractivity contribution in [3.63, 3.8) is 0 Å². The van der Waals surface area contributed by atoms with Crippen LogP contribution in [0.25, 0.3) is 0 Å². The first-order chi connectivity index (χ1) is 9.31. The van der Waals surface area contributed by atoms with Crippen molar-refractivity contribution in [2.75, 3.05) is 13.9 Å². The molecule has 2 rings (SSSR count). The van der Waals surface area contributed by atoms with Crippen molar-refractivity contribution in [3.8, 4) is 5.75 Å². The minimum Gasteiger partial charge on any atom is -0.467 e. The molecule has 0 amide bonds. The second-order valence-electron chi connectivity index (χ2n) is 6.87. The van der Waals surface area contributed by atoms with Gasteiger partial charge in [-0.2, -0.15) is 0 Å². The van der Waals surface area contributed by atoms with Gasteiger partial charge in [0.25, 0.3) is 0 Å². The van der Waals surface area contributed by atoms with Crippen LogP contribution in [0.5, 0.6) is 5.75 Å². The zero-order valence-corrected chi connectivity index (χ0v) is 13.1. The summed E-state index contributed by atoms with van der Waals surface area (Å²) in [4.78, 5) is 11.3. The molecule has 1 aliphatic rings. The summed E-state index contributed by atoms with van der Waals surface area (Å²) in [6.45, 7) is 9.14. The molecule has 3 heteroatoms. The number of benzene rings is 1. The normalized spacial score (nSPS) is 19.2. The fourth-order valence-corrected chi connectivity index (χ4v) is 2.95. The third-order valence-corrected chi connectivity index (χ3v) is 4.44. The van der Waals surface area contributed by atoms with Gasteiger partial charge in [-0.1, -0.05) is 27.7 Å². The van der Waals surface area contributed by atoms with E-state index in [1.54, 1.807) is 7.11 Å². The van der Waals surface area contributed by atoms with Crippen molar-refractivity contribution in [3.05, 3.63) is 28.8 Å². The highest BCUT2D eigenvalue weighted by Crippen LogP contribution is 2.47. The van der Waals surface area contributed by atoms with Gasteiger partial charge >= 0.3 is 0 Å². The molecule has 1 aliphatic carbocycles. The van der Waals surface area contributed by atoms with Crippen molar-refractivity contribution in [1.82, 2.24) is 0 Å². The van der Waals surface area contributed by atoms with E-state index in [-0.39, 0.29) is 17.6 Å². The van der Waals surface area contributed by atoms with Crippen molar-refractivity contribution in [2.45, 2.75) is 51.4 Å². The molecule has 0 aliphatic heterocycles. The van der Waals surface area contributed by atoms with Crippen LogP contribution in [0.2, 0.25) is 0 Å². The minimum atomic E-state index is 0.0996. The maximum Gasteiger partial charge on any atom is 0.188 e. The van der Waals surface area contributed by atoms with Gasteiger partial charge in [0.2, 0.25) is 0 Å². The van der Waals surface area contributed by atoms with E-state index >= 15 is 0 Å². The Hall–Kier alpha value is -1.35. The van der Waals surface area contributed by atoms with Crippen LogP contribution in [0.4, 0.5) is 0 Å². The second-order valence-corrected chi connectivity index (χ2v) is 6.87. The molecule has 20 heavy (non-hydrogen) atoms. The van der Waals surface area contributed by atoms with E-state index in [4.69, 9.17) is 9.47 Å². The molecule has 0 radical (unpaired) electrons. The van der Waals surface area contributed by atoms with Crippen LogP contribution in [0.15, 0.2) is 12.1 Å². The van der Waals surface area contributed by atoms with Crippen LogP contribution < -0.4 is 4.74 Å². The Balaban J connectivity index is 2.58. The van der Waals surface area contributed by atoms with E-state index in [2.05, 4.69) is 27.7 Å². The molecule has 110 valence electrons. The third-order valence-electron chi connectivity index (χ3n) is 4.44. The smallest absolute Gasteiger partial charge is 0.188 e. The van der Waals surface area contributed by atoms with Crippen LogP contribution in [-0.2, 0) is 15.6 Å². The molecule has 0 saturated heterocycles. The van der Waals surface area contributed by atoms with Crippen LogP contribution in [-0.4, -0.2) is 20.2 Å². The monoisotopic (exact) mass is 276 g/mol. The molecule has 0 saturated carbocycles. The standard InChI is InChI=1S/C17H24O3/c1-16(2)6-7-17(3,4)14-9-15(20-11-19-5)12(10-18)8-13(14)16/h8-10H,6-7,11H2,1-5H3. The molecule has 0 spiro atoms. The SMILES string of the molecule is COCOc1cc2c(cc1C=O)C(C)(C)CCC2(C)C. The zero-order chi connectivity index (χ0) is 15.0. The molecule has 0 aromatic heterocycles. The van der Waals surface area contributed by atoms with E-state index in [9.17, 15) is 4.79 Å². The number of hydrogen-bond donors (Lipinski definition) is 0. The number of hydrogen-bond acceptors (Lipinski definition) is 3. The molecule has 1 aromatic carbocycles. The quantitative estimate of drug-likeness (QED) is 0.619. The van der Waals surface area contributed by atoms with Gasteiger partial charge in [0, 0.05) is 7.11 Å². The van der Waals surface area contributed by atoms with E-state index in [0.29, 0.717) is 11.3 Å². The fourth-order valence-electron chi connectivity index (χ4n) is 2.95. The van der Waals surface area contributed by atoms with Crippen LogP contribution in [0, 0.1) is 0 Å². The number of ether oxygens (including phenoxy) is 2. The van der Waals surface area contributed by atoms with Crippen LogP contribution in [0.1, 0.15) is 62.0 Å². The molecule has 0 bridgehead atoms. The second kappa shape index (κ2) is 5.21. The van der Waals surface area contributed by atoms with E-state index in [1.165, 1.54) is 11.1 Å². The Labute approximate surface area is 121 Å². The number of methoxy groups -OCH3 is 1. The van der Waals surface area contributed by atoms with E-state index in [1.807, 2.05) is 12.1 Å².